The quantitative estimate of drug-likeness (QED) is 0.656. The van der Waals surface area contributed by atoms with Crippen LogP contribution in [0.3, 0.4) is 0 Å². The highest BCUT2D eigenvalue weighted by molar-refractivity contribution is 6.05. The van der Waals surface area contributed by atoms with Crippen LogP contribution in [-0.2, 0) is 0 Å². The van der Waals surface area contributed by atoms with Gasteiger partial charge < -0.3 is 11.1 Å². The molecule has 0 radical (unpaired) electrons. The number of nitro benzene ring substituents is 1. The number of nitrogen functional groups attached to an aromatic ring is 1. The Kier molecular flexibility index (Phi) is 3.60. The van der Waals surface area contributed by atoms with Crippen molar-refractivity contribution in [2.24, 2.45) is 0 Å². The van der Waals surface area contributed by atoms with Crippen molar-refractivity contribution in [2.45, 2.75) is 6.92 Å². The summed E-state index contributed by atoms with van der Waals surface area (Å²) in [6.07, 6.45) is 1.42. The number of hydrogen-bond acceptors (Lipinski definition) is 5. The molecular formula is C13H12N4O3. The van der Waals surface area contributed by atoms with Crippen LogP contribution < -0.4 is 11.1 Å². The van der Waals surface area contributed by atoms with Gasteiger partial charge in [0.1, 0.15) is 5.82 Å². The Hall–Kier alpha value is -2.96. The number of benzene rings is 1. The minimum absolute atomic E-state index is 0.0897. The first-order valence-electron chi connectivity index (χ1n) is 5.76. The molecule has 7 nitrogen and oxygen atoms in total. The first kappa shape index (κ1) is 13.5. The normalized spacial score (nSPS) is 10.1. The second-order valence-corrected chi connectivity index (χ2v) is 4.13. The standard InChI is InChI=1S/C13H12N4O3/c1-8-10(3-2-4-11(8)17(19)20)13(18)16-9-5-6-12(14)15-7-9/h2-7H,1H3,(H2,14,15)(H,16,18). The minimum atomic E-state index is -0.517. The number of nitro groups is 1. The fourth-order valence-electron chi connectivity index (χ4n) is 1.74. The van der Waals surface area contributed by atoms with Crippen LogP contribution >= 0.6 is 0 Å². The molecule has 2 aromatic rings. The fraction of sp³-hybridized carbons (Fsp3) is 0.0769. The molecule has 0 unspecified atom stereocenters. The molecule has 0 aliphatic rings. The van der Waals surface area contributed by atoms with E-state index in [-0.39, 0.29) is 11.3 Å². The molecule has 0 saturated heterocycles. The Bertz CT molecular complexity index is 668. The van der Waals surface area contributed by atoms with Crippen molar-refractivity contribution in [3.05, 3.63) is 57.8 Å². The zero-order valence-electron chi connectivity index (χ0n) is 10.7. The number of nitrogens with one attached hydrogen (secondary N) is 1. The van der Waals surface area contributed by atoms with E-state index in [1.807, 2.05) is 0 Å². The summed E-state index contributed by atoms with van der Waals surface area (Å²) in [4.78, 5) is 26.3. The molecule has 1 heterocycles. The maximum Gasteiger partial charge on any atom is 0.273 e. The zero-order valence-corrected chi connectivity index (χ0v) is 10.7. The lowest BCUT2D eigenvalue weighted by molar-refractivity contribution is -0.385. The molecule has 1 amide bonds. The van der Waals surface area contributed by atoms with E-state index in [2.05, 4.69) is 10.3 Å². The van der Waals surface area contributed by atoms with Gasteiger partial charge in [-0.2, -0.15) is 0 Å². The van der Waals surface area contributed by atoms with Crippen LogP contribution in [0.5, 0.6) is 0 Å². The first-order chi connectivity index (χ1) is 9.49. The second-order valence-electron chi connectivity index (χ2n) is 4.13. The molecule has 2 rings (SSSR count). The molecule has 0 spiro atoms. The SMILES string of the molecule is Cc1c(C(=O)Nc2ccc(N)nc2)cccc1[N+](=O)[O-]. The molecule has 102 valence electrons. The predicted octanol–water partition coefficient (Wildman–Crippen LogP) is 2.13. The molecule has 0 bridgehead atoms. The summed E-state index contributed by atoms with van der Waals surface area (Å²) in [7, 11) is 0. The number of nitrogens with two attached hydrogens (primary N) is 1. The summed E-state index contributed by atoms with van der Waals surface area (Å²) < 4.78 is 0. The molecular weight excluding hydrogens is 260 g/mol. The van der Waals surface area contributed by atoms with E-state index in [4.69, 9.17) is 5.73 Å². The third kappa shape index (κ3) is 2.72. The number of amides is 1. The highest BCUT2D eigenvalue weighted by atomic mass is 16.6. The lowest BCUT2D eigenvalue weighted by atomic mass is 10.1. The largest absolute Gasteiger partial charge is 0.384 e. The Labute approximate surface area is 114 Å². The van der Waals surface area contributed by atoms with Crippen LogP contribution in [0.4, 0.5) is 17.2 Å². The van der Waals surface area contributed by atoms with Crippen LogP contribution in [0.1, 0.15) is 15.9 Å². The van der Waals surface area contributed by atoms with Gasteiger partial charge in [0.2, 0.25) is 0 Å². The summed E-state index contributed by atoms with van der Waals surface area (Å²) in [6, 6.07) is 7.52. The monoisotopic (exact) mass is 272 g/mol. The van der Waals surface area contributed by atoms with Gasteiger partial charge in [0.25, 0.3) is 11.6 Å². The van der Waals surface area contributed by atoms with E-state index < -0.39 is 10.8 Å². The maximum absolute atomic E-state index is 12.1. The maximum atomic E-state index is 12.1. The topological polar surface area (TPSA) is 111 Å². The van der Waals surface area contributed by atoms with E-state index in [9.17, 15) is 14.9 Å². The summed E-state index contributed by atoms with van der Waals surface area (Å²) in [6.45, 7) is 1.54. The number of carbonyl (C=O) groups excluding carboxylic acids is 1. The van der Waals surface area contributed by atoms with Gasteiger partial charge in [-0.3, -0.25) is 14.9 Å². The average molecular weight is 272 g/mol. The van der Waals surface area contributed by atoms with Gasteiger partial charge in [0, 0.05) is 17.2 Å². The van der Waals surface area contributed by atoms with E-state index in [0.717, 1.165) is 0 Å². The smallest absolute Gasteiger partial charge is 0.273 e. The van der Waals surface area contributed by atoms with Crippen molar-refractivity contribution >= 4 is 23.1 Å². The van der Waals surface area contributed by atoms with Crippen molar-refractivity contribution in [2.75, 3.05) is 11.1 Å². The van der Waals surface area contributed by atoms with Gasteiger partial charge >= 0.3 is 0 Å². The Balaban J connectivity index is 2.28. The lowest BCUT2D eigenvalue weighted by Gasteiger charge is -2.07. The highest BCUT2D eigenvalue weighted by Crippen LogP contribution is 2.22. The van der Waals surface area contributed by atoms with Crippen molar-refractivity contribution in [1.82, 2.24) is 4.98 Å². The van der Waals surface area contributed by atoms with Gasteiger partial charge in [-0.25, -0.2) is 4.98 Å². The number of nitrogens with zero attached hydrogens (tertiary/aromatic N) is 2. The van der Waals surface area contributed by atoms with Gasteiger partial charge in [0.05, 0.1) is 16.8 Å². The van der Waals surface area contributed by atoms with Gasteiger partial charge in [-0.1, -0.05) is 6.07 Å². The second kappa shape index (κ2) is 5.35. The zero-order chi connectivity index (χ0) is 14.7. The molecule has 0 atom stereocenters. The van der Waals surface area contributed by atoms with Crippen molar-refractivity contribution in [3.63, 3.8) is 0 Å². The summed E-state index contributed by atoms with van der Waals surface area (Å²) in [5.74, 6) is -0.0905. The number of anilines is 2. The number of hydrogen-bond donors (Lipinski definition) is 2. The molecule has 20 heavy (non-hydrogen) atoms. The van der Waals surface area contributed by atoms with E-state index in [0.29, 0.717) is 17.1 Å². The molecule has 0 saturated carbocycles. The highest BCUT2D eigenvalue weighted by Gasteiger charge is 2.17. The molecule has 7 heteroatoms. The van der Waals surface area contributed by atoms with Crippen LogP contribution in [0.2, 0.25) is 0 Å². The third-order valence-electron chi connectivity index (χ3n) is 2.79. The van der Waals surface area contributed by atoms with Crippen molar-refractivity contribution in [1.29, 1.82) is 0 Å². The molecule has 1 aromatic heterocycles. The molecule has 1 aromatic carbocycles. The minimum Gasteiger partial charge on any atom is -0.384 e. The van der Waals surface area contributed by atoms with Crippen molar-refractivity contribution in [3.8, 4) is 0 Å². The Morgan fingerprint density at radius 3 is 2.70 bits per heavy atom. The van der Waals surface area contributed by atoms with E-state index >= 15 is 0 Å². The van der Waals surface area contributed by atoms with Crippen LogP contribution in [0.25, 0.3) is 0 Å². The molecule has 3 N–H and O–H groups in total. The first-order valence-corrected chi connectivity index (χ1v) is 5.76. The number of pyridine rings is 1. The van der Waals surface area contributed by atoms with Gasteiger partial charge in [-0.15, -0.1) is 0 Å². The number of rotatable bonds is 3. The van der Waals surface area contributed by atoms with Gasteiger partial charge in [-0.05, 0) is 25.1 Å². The molecule has 0 aliphatic heterocycles. The molecule has 0 fully saturated rings. The average Bonchev–Trinajstić information content (AvgIpc) is 2.41. The number of carbonyl (C=O) groups is 1. The Morgan fingerprint density at radius 1 is 1.35 bits per heavy atom. The molecule has 0 aliphatic carbocycles. The van der Waals surface area contributed by atoms with E-state index in [1.165, 1.54) is 31.3 Å². The summed E-state index contributed by atoms with van der Waals surface area (Å²) in [5, 5.41) is 13.5. The van der Waals surface area contributed by atoms with Gasteiger partial charge in [0.15, 0.2) is 0 Å². The third-order valence-corrected chi connectivity index (χ3v) is 2.79. The van der Waals surface area contributed by atoms with Crippen molar-refractivity contribution < 1.29 is 9.72 Å². The Morgan fingerprint density at radius 2 is 2.10 bits per heavy atom. The van der Waals surface area contributed by atoms with E-state index in [1.54, 1.807) is 12.1 Å². The van der Waals surface area contributed by atoms with Crippen LogP contribution in [0.15, 0.2) is 36.5 Å². The summed E-state index contributed by atoms with van der Waals surface area (Å²) >= 11 is 0. The van der Waals surface area contributed by atoms with Crippen LogP contribution in [0, 0.1) is 17.0 Å². The predicted molar refractivity (Wildman–Crippen MR) is 74.4 cm³/mol. The fourth-order valence-corrected chi connectivity index (χ4v) is 1.74. The lowest BCUT2D eigenvalue weighted by Crippen LogP contribution is -2.14. The number of aromatic nitrogens is 1. The van der Waals surface area contributed by atoms with Crippen LogP contribution in [-0.4, -0.2) is 15.8 Å². The summed E-state index contributed by atoms with van der Waals surface area (Å²) in [5.41, 5.74) is 6.39.